The first-order chi connectivity index (χ1) is 19.6. The Morgan fingerprint density at radius 1 is 0.500 bits per heavy atom. The van der Waals surface area contributed by atoms with Crippen LogP contribution in [0.4, 0.5) is 8.78 Å². The first-order valence-electron chi connectivity index (χ1n) is 15.5. The van der Waals surface area contributed by atoms with E-state index in [1.807, 2.05) is 0 Å². The second-order valence-corrected chi connectivity index (χ2v) is 10.4. The van der Waals surface area contributed by atoms with E-state index in [0.29, 0.717) is 24.3 Å². The van der Waals surface area contributed by atoms with Gasteiger partial charge in [-0.15, -0.1) is 0 Å². The van der Waals surface area contributed by atoms with Crippen LogP contribution in [0.15, 0.2) is 36.4 Å². The van der Waals surface area contributed by atoms with Crippen molar-refractivity contribution in [1.82, 2.24) is 0 Å². The molecule has 0 aliphatic carbocycles. The van der Waals surface area contributed by atoms with Gasteiger partial charge in [-0.3, -0.25) is 0 Å². The molecule has 2 aromatic rings. The fourth-order valence-electron chi connectivity index (χ4n) is 4.43. The van der Waals surface area contributed by atoms with Crippen LogP contribution in [-0.4, -0.2) is 13.2 Å². The quantitative estimate of drug-likeness (QED) is 0.121. The second-order valence-electron chi connectivity index (χ2n) is 10.4. The number of benzene rings is 2. The molecule has 0 saturated carbocycles. The third-order valence-electron chi connectivity index (χ3n) is 6.85. The Morgan fingerprint density at radius 2 is 0.850 bits per heavy atom. The molecule has 0 bridgehead atoms. The first-order valence-corrected chi connectivity index (χ1v) is 15.5. The number of hydrogen-bond donors (Lipinski definition) is 0. The molecule has 0 amide bonds. The van der Waals surface area contributed by atoms with Crippen LogP contribution in [0.5, 0.6) is 11.5 Å². The molecule has 2 rings (SSSR count). The van der Waals surface area contributed by atoms with Crippen molar-refractivity contribution in [3.8, 4) is 35.2 Å². The second kappa shape index (κ2) is 21.8. The molecule has 218 valence electrons. The summed E-state index contributed by atoms with van der Waals surface area (Å²) in [7, 11) is 0. The van der Waals surface area contributed by atoms with Crippen LogP contribution in [0.2, 0.25) is 0 Å². The van der Waals surface area contributed by atoms with E-state index in [0.717, 1.165) is 25.7 Å². The standard InChI is InChI=1S/C36H48F2O2/c1-3-5-7-9-11-13-15-19-27-39-35-25-23-31(29-33(35)37)21-17-18-22-32-24-26-36(34(38)30-32)40-28-20-16-14-12-10-8-6-4-2/h23-26,29-30H,3-16,19-20,27-28H2,1-2H3. The van der Waals surface area contributed by atoms with E-state index in [2.05, 4.69) is 37.5 Å². The Balaban J connectivity index is 1.69. The number of ether oxygens (including phenoxy) is 2. The summed E-state index contributed by atoms with van der Waals surface area (Å²) in [5.41, 5.74) is 1.03. The molecule has 0 aliphatic heterocycles. The molecule has 0 aromatic heterocycles. The van der Waals surface area contributed by atoms with Crippen molar-refractivity contribution in [3.63, 3.8) is 0 Å². The van der Waals surface area contributed by atoms with Gasteiger partial charge in [0.15, 0.2) is 23.1 Å². The van der Waals surface area contributed by atoms with Gasteiger partial charge in [0.05, 0.1) is 13.2 Å². The molecule has 0 N–H and O–H groups in total. The molecule has 0 heterocycles. The summed E-state index contributed by atoms with van der Waals surface area (Å²) in [6.45, 7) is 5.48. The molecule has 2 nitrogen and oxygen atoms in total. The SMILES string of the molecule is CCCCCCCCCCOc1ccc(C#CC#Cc2ccc(OCCCCCCCCCC)c(F)c2)cc1F. The van der Waals surface area contributed by atoms with Crippen LogP contribution in [0.1, 0.15) is 128 Å². The molecule has 40 heavy (non-hydrogen) atoms. The van der Waals surface area contributed by atoms with Crippen LogP contribution < -0.4 is 9.47 Å². The van der Waals surface area contributed by atoms with Crippen LogP contribution >= 0.6 is 0 Å². The highest BCUT2D eigenvalue weighted by molar-refractivity contribution is 5.46. The number of halogens is 2. The lowest BCUT2D eigenvalue weighted by atomic mass is 10.1. The minimum atomic E-state index is -0.427. The summed E-state index contributed by atoms with van der Waals surface area (Å²) in [4.78, 5) is 0. The highest BCUT2D eigenvalue weighted by atomic mass is 19.1. The van der Waals surface area contributed by atoms with Crippen molar-refractivity contribution in [3.05, 3.63) is 59.2 Å². The largest absolute Gasteiger partial charge is 0.491 e. The summed E-state index contributed by atoms with van der Waals surface area (Å²) >= 11 is 0. The van der Waals surface area contributed by atoms with Crippen molar-refractivity contribution in [1.29, 1.82) is 0 Å². The van der Waals surface area contributed by atoms with Gasteiger partial charge in [0, 0.05) is 11.1 Å². The first kappa shape index (κ1) is 33.2. The molecule has 0 radical (unpaired) electrons. The number of hydrogen-bond acceptors (Lipinski definition) is 2. The fourth-order valence-corrected chi connectivity index (χ4v) is 4.43. The minimum Gasteiger partial charge on any atom is -0.491 e. The Labute approximate surface area is 242 Å². The topological polar surface area (TPSA) is 18.5 Å². The van der Waals surface area contributed by atoms with Crippen molar-refractivity contribution in [2.45, 2.75) is 117 Å². The summed E-state index contributed by atoms with van der Waals surface area (Å²) < 4.78 is 40.0. The van der Waals surface area contributed by atoms with Crippen molar-refractivity contribution in [2.24, 2.45) is 0 Å². The van der Waals surface area contributed by atoms with E-state index in [1.54, 1.807) is 24.3 Å². The van der Waals surface area contributed by atoms with Gasteiger partial charge in [-0.25, -0.2) is 8.78 Å². The summed E-state index contributed by atoms with van der Waals surface area (Å²) in [6.07, 6.45) is 19.4. The molecule has 0 saturated heterocycles. The Bertz CT molecular complexity index is 1000. The van der Waals surface area contributed by atoms with Crippen LogP contribution in [0, 0.1) is 35.3 Å². The fraction of sp³-hybridized carbons (Fsp3) is 0.556. The maximum atomic E-state index is 14.4. The van der Waals surface area contributed by atoms with E-state index >= 15 is 0 Å². The van der Waals surface area contributed by atoms with Gasteiger partial charge in [-0.05, 0) is 61.1 Å². The maximum Gasteiger partial charge on any atom is 0.166 e. The number of rotatable bonds is 20. The molecule has 4 heteroatoms. The van der Waals surface area contributed by atoms with Crippen molar-refractivity contribution >= 4 is 0 Å². The smallest absolute Gasteiger partial charge is 0.166 e. The third-order valence-corrected chi connectivity index (χ3v) is 6.85. The van der Waals surface area contributed by atoms with E-state index in [-0.39, 0.29) is 11.5 Å². The van der Waals surface area contributed by atoms with Gasteiger partial charge >= 0.3 is 0 Å². The lowest BCUT2D eigenvalue weighted by Crippen LogP contribution is -1.99. The predicted octanol–water partition coefficient (Wildman–Crippen LogP) is 10.4. The van der Waals surface area contributed by atoms with Gasteiger partial charge in [0.1, 0.15) is 0 Å². The average molecular weight is 551 g/mol. The van der Waals surface area contributed by atoms with E-state index < -0.39 is 11.6 Å². The Hall–Kier alpha value is -2.98. The zero-order valence-corrected chi connectivity index (χ0v) is 24.8. The average Bonchev–Trinajstić information content (AvgIpc) is 2.95. The van der Waals surface area contributed by atoms with Crippen LogP contribution in [0.25, 0.3) is 0 Å². The van der Waals surface area contributed by atoms with Crippen molar-refractivity contribution < 1.29 is 18.3 Å². The zero-order chi connectivity index (χ0) is 28.7. The highest BCUT2D eigenvalue weighted by Gasteiger charge is 2.05. The van der Waals surface area contributed by atoms with Crippen LogP contribution in [0.3, 0.4) is 0 Å². The molecular weight excluding hydrogens is 502 g/mol. The predicted molar refractivity (Wildman–Crippen MR) is 163 cm³/mol. The van der Waals surface area contributed by atoms with Crippen LogP contribution in [-0.2, 0) is 0 Å². The van der Waals surface area contributed by atoms with Gasteiger partial charge in [0.25, 0.3) is 0 Å². The Morgan fingerprint density at radius 3 is 1.20 bits per heavy atom. The van der Waals surface area contributed by atoms with E-state index in [1.165, 1.54) is 89.2 Å². The maximum absolute atomic E-state index is 14.4. The monoisotopic (exact) mass is 550 g/mol. The normalized spacial score (nSPS) is 10.4. The zero-order valence-electron chi connectivity index (χ0n) is 24.8. The summed E-state index contributed by atoms with van der Waals surface area (Å²) in [5, 5.41) is 0. The molecular formula is C36H48F2O2. The molecule has 0 aliphatic rings. The molecule has 0 atom stereocenters. The van der Waals surface area contributed by atoms with E-state index in [9.17, 15) is 8.78 Å². The van der Waals surface area contributed by atoms with Gasteiger partial charge in [-0.1, -0.05) is 116 Å². The summed E-state index contributed by atoms with van der Waals surface area (Å²) in [6, 6.07) is 9.38. The summed E-state index contributed by atoms with van der Waals surface area (Å²) in [5.74, 6) is 10.7. The molecule has 2 aromatic carbocycles. The molecule has 0 unspecified atom stereocenters. The lowest BCUT2D eigenvalue weighted by molar-refractivity contribution is 0.290. The van der Waals surface area contributed by atoms with Crippen molar-refractivity contribution in [2.75, 3.05) is 13.2 Å². The lowest BCUT2D eigenvalue weighted by Gasteiger charge is -2.07. The van der Waals surface area contributed by atoms with Gasteiger partial charge in [0.2, 0.25) is 0 Å². The number of unbranched alkanes of at least 4 members (excludes halogenated alkanes) is 14. The molecule has 0 spiro atoms. The minimum absolute atomic E-state index is 0.250. The molecule has 0 fully saturated rings. The van der Waals surface area contributed by atoms with Gasteiger partial charge in [-0.2, -0.15) is 0 Å². The highest BCUT2D eigenvalue weighted by Crippen LogP contribution is 2.20. The van der Waals surface area contributed by atoms with E-state index in [4.69, 9.17) is 9.47 Å². The third kappa shape index (κ3) is 15.0. The Kier molecular flexibility index (Phi) is 18.1. The van der Waals surface area contributed by atoms with Gasteiger partial charge < -0.3 is 9.47 Å².